The van der Waals surface area contributed by atoms with Gasteiger partial charge in [0.25, 0.3) is 0 Å². The smallest absolute Gasteiger partial charge is 0.225 e. The molecule has 6 heteroatoms. The van der Waals surface area contributed by atoms with Crippen molar-refractivity contribution in [2.45, 2.75) is 13.3 Å². The van der Waals surface area contributed by atoms with E-state index in [-0.39, 0.29) is 0 Å². The van der Waals surface area contributed by atoms with Gasteiger partial charge in [-0.3, -0.25) is 0 Å². The Morgan fingerprint density at radius 1 is 1.16 bits per heavy atom. The van der Waals surface area contributed by atoms with Crippen LogP contribution in [0.1, 0.15) is 13.3 Å². The minimum atomic E-state index is 0.421. The maximum Gasteiger partial charge on any atom is 0.225 e. The highest BCUT2D eigenvalue weighted by molar-refractivity contribution is 5.91. The average molecular weight is 262 g/mol. The number of rotatable bonds is 5. The third-order valence-corrected chi connectivity index (χ3v) is 2.76. The molecule has 1 aromatic carbocycles. The van der Waals surface area contributed by atoms with Gasteiger partial charge in [-0.2, -0.15) is 4.98 Å². The van der Waals surface area contributed by atoms with Crippen molar-refractivity contribution in [3.8, 4) is 11.5 Å². The van der Waals surface area contributed by atoms with E-state index in [4.69, 9.17) is 15.2 Å². The number of ether oxygens (including phenoxy) is 2. The average Bonchev–Trinajstić information content (AvgIpc) is 2.43. The highest BCUT2D eigenvalue weighted by atomic mass is 16.5. The van der Waals surface area contributed by atoms with Gasteiger partial charge in [0.15, 0.2) is 11.5 Å². The van der Waals surface area contributed by atoms with E-state index in [1.54, 1.807) is 26.4 Å². The molecule has 0 aliphatic carbocycles. The van der Waals surface area contributed by atoms with Crippen LogP contribution in [0.15, 0.2) is 12.1 Å². The van der Waals surface area contributed by atoms with E-state index in [2.05, 4.69) is 22.2 Å². The van der Waals surface area contributed by atoms with Crippen LogP contribution in [0.2, 0.25) is 0 Å². The van der Waals surface area contributed by atoms with Gasteiger partial charge in [-0.25, -0.2) is 4.98 Å². The van der Waals surface area contributed by atoms with Gasteiger partial charge >= 0.3 is 0 Å². The Balaban J connectivity index is 2.53. The fourth-order valence-electron chi connectivity index (χ4n) is 1.80. The second kappa shape index (κ2) is 5.60. The largest absolute Gasteiger partial charge is 0.493 e. The lowest BCUT2D eigenvalue weighted by atomic mass is 10.2. The van der Waals surface area contributed by atoms with E-state index in [0.717, 1.165) is 23.9 Å². The second-order valence-corrected chi connectivity index (χ2v) is 4.08. The molecule has 0 bridgehead atoms. The van der Waals surface area contributed by atoms with Crippen LogP contribution in [0.25, 0.3) is 10.9 Å². The molecular weight excluding hydrogens is 244 g/mol. The van der Waals surface area contributed by atoms with Gasteiger partial charge in [0.05, 0.1) is 19.7 Å². The first kappa shape index (κ1) is 13.2. The molecule has 19 heavy (non-hydrogen) atoms. The molecule has 0 spiro atoms. The Labute approximate surface area is 111 Å². The number of hydrogen-bond acceptors (Lipinski definition) is 6. The molecule has 1 heterocycles. The molecule has 3 N–H and O–H groups in total. The number of anilines is 2. The van der Waals surface area contributed by atoms with Gasteiger partial charge < -0.3 is 20.5 Å². The van der Waals surface area contributed by atoms with Crippen LogP contribution >= 0.6 is 0 Å². The van der Waals surface area contributed by atoms with Gasteiger partial charge in [-0.05, 0) is 12.5 Å². The molecule has 2 aromatic rings. The summed E-state index contributed by atoms with van der Waals surface area (Å²) in [6.07, 6.45) is 0.993. The van der Waals surface area contributed by atoms with Crippen LogP contribution in [-0.4, -0.2) is 30.7 Å². The van der Waals surface area contributed by atoms with Crippen LogP contribution in [0.4, 0.5) is 11.8 Å². The maximum absolute atomic E-state index is 5.96. The lowest BCUT2D eigenvalue weighted by molar-refractivity contribution is 0.356. The summed E-state index contributed by atoms with van der Waals surface area (Å²) in [5, 5.41) is 3.87. The van der Waals surface area contributed by atoms with Gasteiger partial charge in [0.1, 0.15) is 5.82 Å². The van der Waals surface area contributed by atoms with Crippen LogP contribution in [0.3, 0.4) is 0 Å². The second-order valence-electron chi connectivity index (χ2n) is 4.08. The van der Waals surface area contributed by atoms with Crippen molar-refractivity contribution < 1.29 is 9.47 Å². The Morgan fingerprint density at radius 2 is 1.84 bits per heavy atom. The van der Waals surface area contributed by atoms with E-state index in [1.807, 2.05) is 0 Å². The standard InChI is InChI=1S/C13H18N4O2/c1-4-5-15-13-16-9-7-11(19-3)10(18-2)6-8(9)12(14)17-13/h6-7H,4-5H2,1-3H3,(H3,14,15,16,17). The van der Waals surface area contributed by atoms with Crippen LogP contribution in [0.5, 0.6) is 11.5 Å². The van der Waals surface area contributed by atoms with Crippen molar-refractivity contribution in [2.75, 3.05) is 31.8 Å². The van der Waals surface area contributed by atoms with Crippen molar-refractivity contribution in [3.05, 3.63) is 12.1 Å². The lowest BCUT2D eigenvalue weighted by Crippen LogP contribution is -2.06. The molecule has 0 saturated heterocycles. The van der Waals surface area contributed by atoms with Crippen molar-refractivity contribution in [2.24, 2.45) is 0 Å². The third kappa shape index (κ3) is 2.62. The summed E-state index contributed by atoms with van der Waals surface area (Å²) in [4.78, 5) is 8.65. The van der Waals surface area contributed by atoms with E-state index >= 15 is 0 Å². The zero-order valence-corrected chi connectivity index (χ0v) is 11.4. The number of methoxy groups -OCH3 is 2. The zero-order valence-electron chi connectivity index (χ0n) is 11.4. The van der Waals surface area contributed by atoms with E-state index in [9.17, 15) is 0 Å². The maximum atomic E-state index is 5.96. The van der Waals surface area contributed by atoms with Gasteiger partial charge in [-0.1, -0.05) is 6.92 Å². The van der Waals surface area contributed by atoms with Gasteiger partial charge in [0, 0.05) is 18.0 Å². The monoisotopic (exact) mass is 262 g/mol. The first-order valence-corrected chi connectivity index (χ1v) is 6.12. The van der Waals surface area contributed by atoms with Crippen LogP contribution in [-0.2, 0) is 0 Å². The molecule has 0 atom stereocenters. The highest BCUT2D eigenvalue weighted by Crippen LogP contribution is 2.33. The Bertz CT molecular complexity index is 586. The molecule has 1 aromatic heterocycles. The number of aromatic nitrogens is 2. The van der Waals surface area contributed by atoms with Crippen molar-refractivity contribution in [1.29, 1.82) is 0 Å². The van der Waals surface area contributed by atoms with E-state index in [0.29, 0.717) is 23.3 Å². The summed E-state index contributed by atoms with van der Waals surface area (Å²) in [6.45, 7) is 2.88. The molecule has 0 aliphatic rings. The fraction of sp³-hybridized carbons (Fsp3) is 0.385. The quantitative estimate of drug-likeness (QED) is 0.858. The molecule has 0 saturated carbocycles. The number of fused-ring (bicyclic) bond motifs is 1. The summed E-state index contributed by atoms with van der Waals surface area (Å²) in [7, 11) is 3.17. The number of nitrogen functional groups attached to an aromatic ring is 1. The molecule has 0 fully saturated rings. The number of nitrogens with two attached hydrogens (primary N) is 1. The SMILES string of the molecule is CCCNc1nc(N)c2cc(OC)c(OC)cc2n1. The topological polar surface area (TPSA) is 82.3 Å². The predicted molar refractivity (Wildman–Crippen MR) is 75.8 cm³/mol. The van der Waals surface area contributed by atoms with Crippen molar-refractivity contribution in [1.82, 2.24) is 9.97 Å². The molecule has 102 valence electrons. The Morgan fingerprint density at radius 3 is 2.47 bits per heavy atom. The summed E-state index contributed by atoms with van der Waals surface area (Å²) >= 11 is 0. The number of benzene rings is 1. The minimum Gasteiger partial charge on any atom is -0.493 e. The molecule has 2 rings (SSSR count). The van der Waals surface area contributed by atoms with E-state index in [1.165, 1.54) is 0 Å². The van der Waals surface area contributed by atoms with Crippen LogP contribution in [0, 0.1) is 0 Å². The fourth-order valence-corrected chi connectivity index (χ4v) is 1.80. The third-order valence-electron chi connectivity index (χ3n) is 2.76. The van der Waals surface area contributed by atoms with Crippen LogP contribution < -0.4 is 20.5 Å². The molecule has 0 unspecified atom stereocenters. The lowest BCUT2D eigenvalue weighted by Gasteiger charge is -2.11. The molecule has 0 aliphatic heterocycles. The summed E-state index contributed by atoms with van der Waals surface area (Å²) in [5.41, 5.74) is 6.68. The zero-order chi connectivity index (χ0) is 13.8. The molecule has 6 nitrogen and oxygen atoms in total. The predicted octanol–water partition coefficient (Wildman–Crippen LogP) is 2.05. The highest BCUT2D eigenvalue weighted by Gasteiger charge is 2.11. The minimum absolute atomic E-state index is 0.421. The number of nitrogens with zero attached hydrogens (tertiary/aromatic N) is 2. The summed E-state index contributed by atoms with van der Waals surface area (Å²) in [6, 6.07) is 3.58. The Hall–Kier alpha value is -2.24. The Kier molecular flexibility index (Phi) is 3.89. The summed E-state index contributed by atoms with van der Waals surface area (Å²) < 4.78 is 10.5. The number of nitrogens with one attached hydrogen (secondary N) is 1. The van der Waals surface area contributed by atoms with Gasteiger partial charge in [-0.15, -0.1) is 0 Å². The summed E-state index contributed by atoms with van der Waals surface area (Å²) in [5.74, 6) is 2.18. The van der Waals surface area contributed by atoms with Gasteiger partial charge in [0.2, 0.25) is 5.95 Å². The number of hydrogen-bond donors (Lipinski definition) is 2. The van der Waals surface area contributed by atoms with Crippen molar-refractivity contribution in [3.63, 3.8) is 0 Å². The van der Waals surface area contributed by atoms with Crippen molar-refractivity contribution >= 4 is 22.7 Å². The molecule has 0 amide bonds. The first-order valence-electron chi connectivity index (χ1n) is 6.12. The molecular formula is C13H18N4O2. The molecule has 0 radical (unpaired) electrons. The first-order chi connectivity index (χ1) is 9.19. The van der Waals surface area contributed by atoms with E-state index < -0.39 is 0 Å². The normalized spacial score (nSPS) is 10.5.